The quantitative estimate of drug-likeness (QED) is 0.833. The molecule has 2 rings (SSSR count). The van der Waals surface area contributed by atoms with Crippen molar-refractivity contribution in [1.82, 2.24) is 9.88 Å². The van der Waals surface area contributed by atoms with Crippen LogP contribution in [0.5, 0.6) is 0 Å². The third-order valence-electron chi connectivity index (χ3n) is 3.15. The van der Waals surface area contributed by atoms with Crippen LogP contribution >= 0.6 is 0 Å². The fourth-order valence-corrected chi connectivity index (χ4v) is 2.16. The number of benzene rings is 1. The van der Waals surface area contributed by atoms with E-state index in [1.54, 1.807) is 24.5 Å². The summed E-state index contributed by atoms with van der Waals surface area (Å²) in [6, 6.07) is 11.7. The lowest BCUT2D eigenvalue weighted by atomic mass is 10.1. The predicted molar refractivity (Wildman–Crippen MR) is 81.7 cm³/mol. The van der Waals surface area contributed by atoms with E-state index in [0.717, 1.165) is 11.1 Å². The van der Waals surface area contributed by atoms with Crippen LogP contribution in [-0.4, -0.2) is 28.1 Å². The number of halogens is 1. The van der Waals surface area contributed by atoms with E-state index in [1.807, 2.05) is 23.1 Å². The van der Waals surface area contributed by atoms with Gasteiger partial charge >= 0.3 is 0 Å². The van der Waals surface area contributed by atoms with Crippen LogP contribution in [-0.2, 0) is 6.54 Å². The molecule has 22 heavy (non-hydrogen) atoms. The normalized spacial score (nSPS) is 11.0. The molecular weight excluding hydrogens is 281 g/mol. The van der Waals surface area contributed by atoms with Gasteiger partial charge in [-0.25, -0.2) is 4.39 Å². The highest BCUT2D eigenvalue weighted by atomic mass is 19.1. The van der Waals surface area contributed by atoms with Crippen LogP contribution in [0.4, 0.5) is 4.39 Å². The van der Waals surface area contributed by atoms with Gasteiger partial charge in [-0.3, -0.25) is 4.98 Å². The molecule has 0 aliphatic rings. The smallest absolute Gasteiger partial charge is 0.123 e. The summed E-state index contributed by atoms with van der Waals surface area (Å²) in [7, 11) is 0. The van der Waals surface area contributed by atoms with Gasteiger partial charge in [0.1, 0.15) is 5.82 Å². The topological polar surface area (TPSA) is 60.2 Å². The van der Waals surface area contributed by atoms with Crippen LogP contribution in [0.3, 0.4) is 0 Å². The molecule has 0 bridgehead atoms. The number of rotatable bonds is 6. The molecular formula is C17H16FN3O. The molecule has 2 aromatic rings. The van der Waals surface area contributed by atoms with Crippen LogP contribution in [0.25, 0.3) is 5.70 Å². The molecule has 1 heterocycles. The molecule has 0 unspecified atom stereocenters. The van der Waals surface area contributed by atoms with E-state index >= 15 is 0 Å². The zero-order chi connectivity index (χ0) is 15.8. The largest absolute Gasteiger partial charge is 0.395 e. The van der Waals surface area contributed by atoms with Crippen molar-refractivity contribution in [2.24, 2.45) is 0 Å². The number of nitriles is 1. The van der Waals surface area contributed by atoms with Gasteiger partial charge in [-0.2, -0.15) is 5.26 Å². The molecule has 0 amide bonds. The molecule has 1 aromatic carbocycles. The average Bonchev–Trinajstić information content (AvgIpc) is 2.54. The number of allylic oxidation sites excluding steroid dienone is 1. The number of aliphatic hydroxyl groups excluding tert-OH is 1. The second-order valence-electron chi connectivity index (χ2n) is 4.67. The maximum absolute atomic E-state index is 13.1. The number of hydrogen-bond donors (Lipinski definition) is 1. The SMILES string of the molecule is N#C/C=C(\c1ccc(F)cc1)N(CCO)Cc1cccnc1. The maximum atomic E-state index is 13.1. The highest BCUT2D eigenvalue weighted by Crippen LogP contribution is 2.21. The summed E-state index contributed by atoms with van der Waals surface area (Å²) >= 11 is 0. The molecule has 5 heteroatoms. The van der Waals surface area contributed by atoms with Crippen LogP contribution in [0.1, 0.15) is 11.1 Å². The Hall–Kier alpha value is -2.71. The first kappa shape index (κ1) is 15.7. The summed E-state index contributed by atoms with van der Waals surface area (Å²) in [5, 5.41) is 18.3. The number of hydrogen-bond acceptors (Lipinski definition) is 4. The Kier molecular flexibility index (Phi) is 5.64. The Morgan fingerprint density at radius 3 is 2.68 bits per heavy atom. The Labute approximate surface area is 128 Å². The molecule has 0 fully saturated rings. The first-order valence-corrected chi connectivity index (χ1v) is 6.85. The summed E-state index contributed by atoms with van der Waals surface area (Å²) in [5.41, 5.74) is 2.32. The van der Waals surface area contributed by atoms with Gasteiger partial charge in [-0.05, 0) is 41.5 Å². The lowest BCUT2D eigenvalue weighted by Gasteiger charge is -2.26. The molecule has 0 aliphatic carbocycles. The molecule has 1 N–H and O–H groups in total. The van der Waals surface area contributed by atoms with E-state index < -0.39 is 0 Å². The summed E-state index contributed by atoms with van der Waals surface area (Å²) in [4.78, 5) is 5.93. The molecule has 0 saturated heterocycles. The molecule has 0 radical (unpaired) electrons. The van der Waals surface area contributed by atoms with Gasteiger partial charge in [0, 0.05) is 31.6 Å². The molecule has 112 valence electrons. The maximum Gasteiger partial charge on any atom is 0.123 e. The molecule has 0 saturated carbocycles. The zero-order valence-corrected chi connectivity index (χ0v) is 12.0. The third kappa shape index (κ3) is 4.14. The second-order valence-corrected chi connectivity index (χ2v) is 4.67. The summed E-state index contributed by atoms with van der Waals surface area (Å²) in [6.45, 7) is 0.809. The molecule has 4 nitrogen and oxygen atoms in total. The first-order valence-electron chi connectivity index (χ1n) is 6.85. The number of aromatic nitrogens is 1. The average molecular weight is 297 g/mol. The standard InChI is InChI=1S/C17H16FN3O/c18-16-5-3-15(4-6-16)17(7-8-19)21(10-11-22)13-14-2-1-9-20-12-14/h1-7,9,12,22H,10-11,13H2/b17-7+. The van der Waals surface area contributed by atoms with Gasteiger partial charge in [-0.15, -0.1) is 0 Å². The molecule has 0 spiro atoms. The minimum Gasteiger partial charge on any atom is -0.395 e. The summed E-state index contributed by atoms with van der Waals surface area (Å²) in [6.07, 6.45) is 4.82. The minimum absolute atomic E-state index is 0.0514. The Morgan fingerprint density at radius 1 is 1.32 bits per heavy atom. The Balaban J connectivity index is 2.32. The molecule has 0 atom stereocenters. The van der Waals surface area contributed by atoms with E-state index in [2.05, 4.69) is 4.98 Å². The lowest BCUT2D eigenvalue weighted by Crippen LogP contribution is -2.25. The van der Waals surface area contributed by atoms with Gasteiger partial charge in [0.2, 0.25) is 0 Å². The van der Waals surface area contributed by atoms with Crippen molar-refractivity contribution in [3.8, 4) is 6.07 Å². The fourth-order valence-electron chi connectivity index (χ4n) is 2.16. The van der Waals surface area contributed by atoms with Crippen molar-refractivity contribution in [2.45, 2.75) is 6.54 Å². The monoisotopic (exact) mass is 297 g/mol. The highest BCUT2D eigenvalue weighted by Gasteiger charge is 2.12. The number of pyridine rings is 1. The van der Waals surface area contributed by atoms with Gasteiger partial charge in [-0.1, -0.05) is 6.07 Å². The number of aliphatic hydroxyl groups is 1. The van der Waals surface area contributed by atoms with Crippen molar-refractivity contribution >= 4 is 5.70 Å². The van der Waals surface area contributed by atoms with Gasteiger partial charge in [0.15, 0.2) is 0 Å². The third-order valence-corrected chi connectivity index (χ3v) is 3.15. The minimum atomic E-state index is -0.332. The van der Waals surface area contributed by atoms with E-state index in [1.165, 1.54) is 18.2 Å². The zero-order valence-electron chi connectivity index (χ0n) is 12.0. The van der Waals surface area contributed by atoms with Gasteiger partial charge in [0.05, 0.1) is 18.4 Å². The Bertz CT molecular complexity index is 663. The second kappa shape index (κ2) is 7.91. The van der Waals surface area contributed by atoms with E-state index in [9.17, 15) is 9.50 Å². The van der Waals surface area contributed by atoms with Gasteiger partial charge < -0.3 is 10.0 Å². The lowest BCUT2D eigenvalue weighted by molar-refractivity contribution is 0.240. The Morgan fingerprint density at radius 2 is 2.09 bits per heavy atom. The first-order chi connectivity index (χ1) is 10.7. The van der Waals surface area contributed by atoms with E-state index in [4.69, 9.17) is 5.26 Å². The fraction of sp³-hybridized carbons (Fsp3) is 0.176. The van der Waals surface area contributed by atoms with Crippen LogP contribution < -0.4 is 0 Å². The summed E-state index contributed by atoms with van der Waals surface area (Å²) < 4.78 is 13.1. The van der Waals surface area contributed by atoms with E-state index in [0.29, 0.717) is 18.8 Å². The van der Waals surface area contributed by atoms with Crippen LogP contribution in [0.2, 0.25) is 0 Å². The van der Waals surface area contributed by atoms with Gasteiger partial charge in [0.25, 0.3) is 0 Å². The van der Waals surface area contributed by atoms with Crippen molar-refractivity contribution in [3.63, 3.8) is 0 Å². The summed E-state index contributed by atoms with van der Waals surface area (Å²) in [5.74, 6) is -0.332. The number of nitrogens with zero attached hydrogens (tertiary/aromatic N) is 3. The van der Waals surface area contributed by atoms with Crippen molar-refractivity contribution in [2.75, 3.05) is 13.2 Å². The molecule has 1 aromatic heterocycles. The molecule has 0 aliphatic heterocycles. The van der Waals surface area contributed by atoms with Crippen molar-refractivity contribution < 1.29 is 9.50 Å². The predicted octanol–water partition coefficient (Wildman–Crippen LogP) is 2.58. The highest BCUT2D eigenvalue weighted by molar-refractivity contribution is 5.66. The van der Waals surface area contributed by atoms with Crippen molar-refractivity contribution in [3.05, 3.63) is 71.8 Å². The van der Waals surface area contributed by atoms with E-state index in [-0.39, 0.29) is 12.4 Å². The van der Waals surface area contributed by atoms with Crippen LogP contribution in [0, 0.1) is 17.1 Å². The van der Waals surface area contributed by atoms with Crippen molar-refractivity contribution in [1.29, 1.82) is 5.26 Å². The van der Waals surface area contributed by atoms with Crippen LogP contribution in [0.15, 0.2) is 54.9 Å².